The lowest BCUT2D eigenvalue weighted by Gasteiger charge is -2.12. The normalized spacial score (nSPS) is 12.7. The summed E-state index contributed by atoms with van der Waals surface area (Å²) < 4.78 is 5.02. The molecule has 0 bridgehead atoms. The summed E-state index contributed by atoms with van der Waals surface area (Å²) in [5.74, 6) is 0. The first-order valence-electron chi connectivity index (χ1n) is 6.64. The van der Waals surface area contributed by atoms with Crippen molar-refractivity contribution in [1.29, 1.82) is 0 Å². The van der Waals surface area contributed by atoms with Crippen LogP contribution in [0.4, 0.5) is 0 Å². The highest BCUT2D eigenvalue weighted by molar-refractivity contribution is 8.00. The first-order chi connectivity index (χ1) is 9.29. The van der Waals surface area contributed by atoms with Crippen molar-refractivity contribution in [2.75, 3.05) is 26.8 Å². The molecule has 2 nitrogen and oxygen atoms in total. The molecule has 2 aromatic rings. The lowest BCUT2D eigenvalue weighted by Crippen LogP contribution is -2.26. The van der Waals surface area contributed by atoms with Gasteiger partial charge in [-0.1, -0.05) is 37.3 Å². The number of benzene rings is 2. The van der Waals surface area contributed by atoms with Crippen molar-refractivity contribution in [3.05, 3.63) is 42.5 Å². The van der Waals surface area contributed by atoms with Crippen LogP contribution in [-0.4, -0.2) is 32.1 Å². The Morgan fingerprint density at radius 1 is 1.16 bits per heavy atom. The van der Waals surface area contributed by atoms with E-state index < -0.39 is 0 Å². The number of hydrogen-bond acceptors (Lipinski definition) is 3. The molecule has 0 radical (unpaired) electrons. The van der Waals surface area contributed by atoms with Crippen LogP contribution >= 0.6 is 11.8 Å². The van der Waals surface area contributed by atoms with Crippen molar-refractivity contribution in [3.63, 3.8) is 0 Å². The fourth-order valence-corrected chi connectivity index (χ4v) is 3.00. The Balaban J connectivity index is 1.89. The third-order valence-electron chi connectivity index (χ3n) is 2.97. The molecule has 102 valence electrons. The quantitative estimate of drug-likeness (QED) is 0.617. The molecule has 19 heavy (non-hydrogen) atoms. The molecule has 1 atom stereocenters. The van der Waals surface area contributed by atoms with Gasteiger partial charge in [-0.3, -0.25) is 0 Å². The van der Waals surface area contributed by atoms with Crippen LogP contribution in [0.2, 0.25) is 0 Å². The summed E-state index contributed by atoms with van der Waals surface area (Å²) in [6.07, 6.45) is 0. The fourth-order valence-electron chi connectivity index (χ4n) is 1.99. The molecular weight excluding hydrogens is 254 g/mol. The third-order valence-corrected chi connectivity index (χ3v) is 4.07. The smallest absolute Gasteiger partial charge is 0.0587 e. The summed E-state index contributed by atoms with van der Waals surface area (Å²) in [6.45, 7) is 4.94. The zero-order chi connectivity index (χ0) is 13.5. The minimum absolute atomic E-state index is 0.554. The second-order valence-electron chi connectivity index (χ2n) is 4.63. The average molecular weight is 275 g/mol. The second-order valence-corrected chi connectivity index (χ2v) is 6.15. The molecule has 0 spiro atoms. The van der Waals surface area contributed by atoms with Gasteiger partial charge in [0.2, 0.25) is 0 Å². The lowest BCUT2D eigenvalue weighted by atomic mass is 10.1. The average Bonchev–Trinajstić information content (AvgIpc) is 2.43. The van der Waals surface area contributed by atoms with E-state index in [-0.39, 0.29) is 0 Å². The number of thioether (sulfide) groups is 1. The molecule has 1 N–H and O–H groups in total. The summed E-state index contributed by atoms with van der Waals surface area (Å²) in [4.78, 5) is 1.33. The number of fused-ring (bicyclic) bond motifs is 1. The molecule has 0 fully saturated rings. The molecule has 0 saturated heterocycles. The van der Waals surface area contributed by atoms with E-state index in [0.29, 0.717) is 5.25 Å². The van der Waals surface area contributed by atoms with Crippen LogP contribution in [0.5, 0.6) is 0 Å². The summed E-state index contributed by atoms with van der Waals surface area (Å²) in [6, 6.07) is 15.2. The van der Waals surface area contributed by atoms with Crippen LogP contribution in [0.25, 0.3) is 10.8 Å². The topological polar surface area (TPSA) is 21.3 Å². The van der Waals surface area contributed by atoms with Crippen molar-refractivity contribution in [2.24, 2.45) is 0 Å². The van der Waals surface area contributed by atoms with Crippen LogP contribution in [0, 0.1) is 0 Å². The highest BCUT2D eigenvalue weighted by atomic mass is 32.2. The predicted octanol–water partition coefficient (Wildman–Crippen LogP) is 3.56. The van der Waals surface area contributed by atoms with Crippen LogP contribution in [0.15, 0.2) is 47.4 Å². The number of ether oxygens (including phenoxy) is 1. The van der Waals surface area contributed by atoms with Gasteiger partial charge in [-0.05, 0) is 22.9 Å². The third kappa shape index (κ3) is 4.53. The molecular formula is C16H21NOS. The molecule has 0 saturated carbocycles. The largest absolute Gasteiger partial charge is 0.383 e. The van der Waals surface area contributed by atoms with Crippen molar-refractivity contribution >= 4 is 22.5 Å². The van der Waals surface area contributed by atoms with Crippen LogP contribution in [-0.2, 0) is 4.74 Å². The molecule has 1 unspecified atom stereocenters. The van der Waals surface area contributed by atoms with Crippen LogP contribution < -0.4 is 5.32 Å². The minimum atomic E-state index is 0.554. The Kier molecular flexibility index (Phi) is 5.70. The Bertz CT molecular complexity index is 515. The second kappa shape index (κ2) is 7.53. The highest BCUT2D eigenvalue weighted by Gasteiger charge is 2.04. The first-order valence-corrected chi connectivity index (χ1v) is 7.52. The first kappa shape index (κ1) is 14.4. The van der Waals surface area contributed by atoms with E-state index in [1.54, 1.807) is 7.11 Å². The standard InChI is InChI=1S/C16H21NOS/c1-13(12-17-9-10-18-2)19-16-8-7-14-5-3-4-6-15(14)11-16/h3-8,11,13,17H,9-10,12H2,1-2H3. The number of rotatable bonds is 7. The Morgan fingerprint density at radius 3 is 2.74 bits per heavy atom. The molecule has 0 aliphatic heterocycles. The number of methoxy groups -OCH3 is 1. The molecule has 2 aromatic carbocycles. The fraction of sp³-hybridized carbons (Fsp3) is 0.375. The molecule has 0 aliphatic rings. The van der Waals surface area contributed by atoms with Gasteiger partial charge in [-0.25, -0.2) is 0 Å². The van der Waals surface area contributed by atoms with Crippen molar-refractivity contribution in [1.82, 2.24) is 5.32 Å². The maximum Gasteiger partial charge on any atom is 0.0587 e. The Hall–Kier alpha value is -1.03. The number of nitrogens with one attached hydrogen (secondary N) is 1. The van der Waals surface area contributed by atoms with Gasteiger partial charge in [-0.15, -0.1) is 11.8 Å². The van der Waals surface area contributed by atoms with Crippen molar-refractivity contribution in [2.45, 2.75) is 17.1 Å². The van der Waals surface area contributed by atoms with E-state index in [4.69, 9.17) is 4.74 Å². The van der Waals surface area contributed by atoms with E-state index in [0.717, 1.165) is 19.7 Å². The Morgan fingerprint density at radius 2 is 1.95 bits per heavy atom. The van der Waals surface area contributed by atoms with Crippen molar-refractivity contribution in [3.8, 4) is 0 Å². The summed E-state index contributed by atoms with van der Waals surface area (Å²) in [5, 5.41) is 6.57. The van der Waals surface area contributed by atoms with E-state index in [1.165, 1.54) is 15.7 Å². The SMILES string of the molecule is COCCNCC(C)Sc1ccc2ccccc2c1. The van der Waals surface area contributed by atoms with Gasteiger partial charge in [0.1, 0.15) is 0 Å². The van der Waals surface area contributed by atoms with Gasteiger partial charge < -0.3 is 10.1 Å². The van der Waals surface area contributed by atoms with Gasteiger partial charge in [0.15, 0.2) is 0 Å². The monoisotopic (exact) mass is 275 g/mol. The van der Waals surface area contributed by atoms with Gasteiger partial charge in [0.05, 0.1) is 6.61 Å². The van der Waals surface area contributed by atoms with Crippen molar-refractivity contribution < 1.29 is 4.74 Å². The zero-order valence-electron chi connectivity index (χ0n) is 11.6. The molecule has 2 rings (SSSR count). The van der Waals surface area contributed by atoms with Gasteiger partial charge in [0.25, 0.3) is 0 Å². The van der Waals surface area contributed by atoms with Crippen LogP contribution in [0.1, 0.15) is 6.92 Å². The van der Waals surface area contributed by atoms with E-state index >= 15 is 0 Å². The van der Waals surface area contributed by atoms with E-state index in [1.807, 2.05) is 11.8 Å². The Labute approximate surface area is 119 Å². The van der Waals surface area contributed by atoms with Gasteiger partial charge in [0, 0.05) is 30.3 Å². The van der Waals surface area contributed by atoms with Gasteiger partial charge >= 0.3 is 0 Å². The van der Waals surface area contributed by atoms with E-state index in [2.05, 4.69) is 54.7 Å². The maximum atomic E-state index is 5.02. The molecule has 0 aromatic heterocycles. The molecule has 0 amide bonds. The summed E-state index contributed by atoms with van der Waals surface area (Å²) in [5.41, 5.74) is 0. The highest BCUT2D eigenvalue weighted by Crippen LogP contribution is 2.26. The molecule has 0 heterocycles. The predicted molar refractivity (Wildman–Crippen MR) is 84.0 cm³/mol. The number of hydrogen-bond donors (Lipinski definition) is 1. The summed E-state index contributed by atoms with van der Waals surface area (Å²) in [7, 11) is 1.73. The molecule has 3 heteroatoms. The lowest BCUT2D eigenvalue weighted by molar-refractivity contribution is 0.199. The molecule has 0 aliphatic carbocycles. The van der Waals surface area contributed by atoms with E-state index in [9.17, 15) is 0 Å². The van der Waals surface area contributed by atoms with Gasteiger partial charge in [-0.2, -0.15) is 0 Å². The maximum absolute atomic E-state index is 5.02. The van der Waals surface area contributed by atoms with Crippen LogP contribution in [0.3, 0.4) is 0 Å². The zero-order valence-corrected chi connectivity index (χ0v) is 12.4. The summed E-state index contributed by atoms with van der Waals surface area (Å²) >= 11 is 1.91. The minimum Gasteiger partial charge on any atom is -0.383 e.